The van der Waals surface area contributed by atoms with E-state index >= 15 is 0 Å². The molecule has 0 fully saturated rings. The van der Waals surface area contributed by atoms with Crippen LogP contribution in [-0.2, 0) is 5.41 Å². The fraction of sp³-hybridized carbons (Fsp3) is 0.333. The Morgan fingerprint density at radius 1 is 1.10 bits per heavy atom. The second kappa shape index (κ2) is 5.97. The zero-order valence-corrected chi connectivity index (χ0v) is 13.2. The quantitative estimate of drug-likeness (QED) is 0.860. The molecule has 0 aliphatic heterocycles. The molecule has 1 N–H and O–H groups in total. The lowest BCUT2D eigenvalue weighted by molar-refractivity contribution is 0.539. The number of benzene rings is 1. The second-order valence-electron chi connectivity index (χ2n) is 5.59. The van der Waals surface area contributed by atoms with Crippen molar-refractivity contribution < 1.29 is 8.78 Å². The maximum absolute atomic E-state index is 13.7. The molecule has 112 valence electrons. The standard InChI is InChI=1S/C15H17F2N3S/c1-15(2,3)14-19-12(18-4)8-13(20-14)21-11-7-9(16)5-6-10(11)17/h5-8H,1-4H3,(H,18,19,20). The predicted molar refractivity (Wildman–Crippen MR) is 80.8 cm³/mol. The van der Waals surface area contributed by atoms with Crippen LogP contribution in [-0.4, -0.2) is 17.0 Å². The molecule has 0 radical (unpaired) electrons. The van der Waals surface area contributed by atoms with Gasteiger partial charge in [-0.25, -0.2) is 18.7 Å². The van der Waals surface area contributed by atoms with E-state index in [1.165, 1.54) is 0 Å². The van der Waals surface area contributed by atoms with E-state index in [4.69, 9.17) is 0 Å². The number of rotatable bonds is 3. The Kier molecular flexibility index (Phi) is 4.46. The fourth-order valence-corrected chi connectivity index (χ4v) is 2.47. The molecule has 0 spiro atoms. The van der Waals surface area contributed by atoms with Crippen LogP contribution in [0.1, 0.15) is 26.6 Å². The average Bonchev–Trinajstić information content (AvgIpc) is 2.41. The van der Waals surface area contributed by atoms with Gasteiger partial charge >= 0.3 is 0 Å². The molecule has 0 amide bonds. The summed E-state index contributed by atoms with van der Waals surface area (Å²) in [6.45, 7) is 6.00. The van der Waals surface area contributed by atoms with Gasteiger partial charge in [0.2, 0.25) is 0 Å². The first-order chi connectivity index (χ1) is 9.79. The zero-order valence-electron chi connectivity index (χ0n) is 12.4. The van der Waals surface area contributed by atoms with Crippen LogP contribution in [0.4, 0.5) is 14.6 Å². The summed E-state index contributed by atoms with van der Waals surface area (Å²) in [7, 11) is 1.76. The van der Waals surface area contributed by atoms with Crippen LogP contribution in [0.2, 0.25) is 0 Å². The van der Waals surface area contributed by atoms with E-state index in [-0.39, 0.29) is 10.3 Å². The number of hydrogen-bond donors (Lipinski definition) is 1. The van der Waals surface area contributed by atoms with E-state index in [0.29, 0.717) is 16.7 Å². The van der Waals surface area contributed by atoms with E-state index in [1.807, 2.05) is 20.8 Å². The SMILES string of the molecule is CNc1cc(Sc2cc(F)ccc2F)nc(C(C)(C)C)n1. The van der Waals surface area contributed by atoms with Gasteiger partial charge in [-0.1, -0.05) is 32.5 Å². The van der Waals surface area contributed by atoms with Gasteiger partial charge in [-0.3, -0.25) is 0 Å². The van der Waals surface area contributed by atoms with Gasteiger partial charge in [-0.15, -0.1) is 0 Å². The molecule has 1 heterocycles. The largest absolute Gasteiger partial charge is 0.373 e. The van der Waals surface area contributed by atoms with E-state index in [9.17, 15) is 8.78 Å². The van der Waals surface area contributed by atoms with Crippen LogP contribution in [0.3, 0.4) is 0 Å². The van der Waals surface area contributed by atoms with Crippen molar-refractivity contribution in [2.75, 3.05) is 12.4 Å². The average molecular weight is 309 g/mol. The molecule has 0 saturated heterocycles. The molecule has 21 heavy (non-hydrogen) atoms. The number of halogens is 2. The van der Waals surface area contributed by atoms with Gasteiger partial charge in [0, 0.05) is 18.5 Å². The summed E-state index contributed by atoms with van der Waals surface area (Å²) in [4.78, 5) is 9.05. The van der Waals surface area contributed by atoms with Crippen molar-refractivity contribution in [3.63, 3.8) is 0 Å². The van der Waals surface area contributed by atoms with E-state index in [2.05, 4.69) is 15.3 Å². The van der Waals surface area contributed by atoms with Gasteiger partial charge in [0.1, 0.15) is 28.3 Å². The lowest BCUT2D eigenvalue weighted by Gasteiger charge is -2.18. The fourth-order valence-electron chi connectivity index (χ4n) is 1.61. The highest BCUT2D eigenvalue weighted by molar-refractivity contribution is 7.99. The van der Waals surface area contributed by atoms with Crippen LogP contribution < -0.4 is 5.32 Å². The molecular formula is C15H17F2N3S. The van der Waals surface area contributed by atoms with Gasteiger partial charge in [-0.2, -0.15) is 0 Å². The summed E-state index contributed by atoms with van der Waals surface area (Å²) < 4.78 is 27.0. The zero-order chi connectivity index (χ0) is 15.6. The third-order valence-corrected chi connectivity index (χ3v) is 3.69. The monoisotopic (exact) mass is 309 g/mol. The smallest absolute Gasteiger partial charge is 0.137 e. The third kappa shape index (κ3) is 3.91. The first kappa shape index (κ1) is 15.7. The number of hydrogen-bond acceptors (Lipinski definition) is 4. The van der Waals surface area contributed by atoms with Crippen molar-refractivity contribution in [2.24, 2.45) is 0 Å². The summed E-state index contributed by atoms with van der Waals surface area (Å²) in [6.07, 6.45) is 0. The Balaban J connectivity index is 2.42. The number of anilines is 1. The minimum Gasteiger partial charge on any atom is -0.373 e. The number of nitrogens with one attached hydrogen (secondary N) is 1. The molecule has 6 heteroatoms. The molecule has 0 unspecified atom stereocenters. The van der Waals surface area contributed by atoms with Gasteiger partial charge in [0.25, 0.3) is 0 Å². The molecule has 0 bridgehead atoms. The maximum atomic E-state index is 13.7. The van der Waals surface area contributed by atoms with Crippen LogP contribution in [0.5, 0.6) is 0 Å². The van der Waals surface area contributed by atoms with E-state index in [0.717, 1.165) is 30.0 Å². The summed E-state index contributed by atoms with van der Waals surface area (Å²) in [5.74, 6) is 0.351. The first-order valence-corrected chi connectivity index (χ1v) is 7.31. The Morgan fingerprint density at radius 3 is 2.43 bits per heavy atom. The van der Waals surface area contributed by atoms with E-state index in [1.54, 1.807) is 13.1 Å². The lowest BCUT2D eigenvalue weighted by atomic mass is 9.96. The molecule has 0 aliphatic carbocycles. The third-order valence-electron chi connectivity index (χ3n) is 2.74. The highest BCUT2D eigenvalue weighted by Gasteiger charge is 2.19. The lowest BCUT2D eigenvalue weighted by Crippen LogP contribution is -2.17. The summed E-state index contributed by atoms with van der Waals surface area (Å²) >= 11 is 1.08. The van der Waals surface area contributed by atoms with Crippen molar-refractivity contribution in [3.8, 4) is 0 Å². The topological polar surface area (TPSA) is 37.8 Å². The summed E-state index contributed by atoms with van der Waals surface area (Å²) in [5, 5.41) is 3.53. The van der Waals surface area contributed by atoms with Crippen molar-refractivity contribution >= 4 is 17.6 Å². The van der Waals surface area contributed by atoms with Gasteiger partial charge in [0.15, 0.2) is 0 Å². The predicted octanol–water partition coefficient (Wildman–Crippen LogP) is 4.25. The number of nitrogens with zero attached hydrogens (tertiary/aromatic N) is 2. The van der Waals surface area contributed by atoms with Crippen molar-refractivity contribution in [2.45, 2.75) is 36.1 Å². The van der Waals surface area contributed by atoms with E-state index < -0.39 is 11.6 Å². The molecule has 3 nitrogen and oxygen atoms in total. The Hall–Kier alpha value is -1.69. The minimum absolute atomic E-state index is 0.204. The minimum atomic E-state index is -0.474. The Labute approximate surface area is 127 Å². The van der Waals surface area contributed by atoms with Crippen LogP contribution >= 0.6 is 11.8 Å². The van der Waals surface area contributed by atoms with Crippen LogP contribution in [0.15, 0.2) is 34.2 Å². The molecule has 0 atom stereocenters. The van der Waals surface area contributed by atoms with Gasteiger partial charge in [0.05, 0.1) is 4.90 Å². The normalized spacial score (nSPS) is 11.5. The highest BCUT2D eigenvalue weighted by atomic mass is 32.2. The van der Waals surface area contributed by atoms with Gasteiger partial charge in [-0.05, 0) is 18.2 Å². The molecule has 0 saturated carbocycles. The Bertz CT molecular complexity index is 654. The summed E-state index contributed by atoms with van der Waals surface area (Å²) in [5.41, 5.74) is -0.233. The molecule has 1 aromatic carbocycles. The molecular weight excluding hydrogens is 292 g/mol. The van der Waals surface area contributed by atoms with Crippen molar-refractivity contribution in [1.82, 2.24) is 9.97 Å². The molecule has 2 aromatic rings. The van der Waals surface area contributed by atoms with Crippen molar-refractivity contribution in [3.05, 3.63) is 41.7 Å². The van der Waals surface area contributed by atoms with Crippen LogP contribution in [0, 0.1) is 11.6 Å². The van der Waals surface area contributed by atoms with Crippen LogP contribution in [0.25, 0.3) is 0 Å². The number of aromatic nitrogens is 2. The maximum Gasteiger partial charge on any atom is 0.137 e. The summed E-state index contributed by atoms with van der Waals surface area (Å²) in [6, 6.07) is 5.09. The highest BCUT2D eigenvalue weighted by Crippen LogP contribution is 2.31. The van der Waals surface area contributed by atoms with Gasteiger partial charge < -0.3 is 5.32 Å². The molecule has 0 aliphatic rings. The second-order valence-corrected chi connectivity index (χ2v) is 6.65. The Morgan fingerprint density at radius 2 is 1.81 bits per heavy atom. The van der Waals surface area contributed by atoms with Crippen molar-refractivity contribution in [1.29, 1.82) is 0 Å². The first-order valence-electron chi connectivity index (χ1n) is 6.50. The molecule has 2 rings (SSSR count). The molecule has 1 aromatic heterocycles.